The standard InChI is InChI=1S/C13H15BrN2O3/c14-10-7-8(13(18)19)1-4-11(10)16-12(17)5-6-15-9-2-3-9/h1,4,7,9,15H,2-3,5-6H2,(H,16,17)(H,18,19). The molecule has 0 unspecified atom stereocenters. The lowest BCUT2D eigenvalue weighted by molar-refractivity contribution is -0.116. The zero-order chi connectivity index (χ0) is 13.8. The number of carboxylic acids is 1. The number of rotatable bonds is 6. The van der Waals surface area contributed by atoms with Crippen molar-refractivity contribution in [3.05, 3.63) is 28.2 Å². The molecule has 3 N–H and O–H groups in total. The molecule has 0 aromatic heterocycles. The van der Waals surface area contributed by atoms with Crippen molar-refractivity contribution in [2.24, 2.45) is 0 Å². The van der Waals surface area contributed by atoms with Gasteiger partial charge >= 0.3 is 5.97 Å². The third kappa shape index (κ3) is 4.33. The molecule has 5 nitrogen and oxygen atoms in total. The number of benzene rings is 1. The maximum absolute atomic E-state index is 11.7. The molecule has 0 atom stereocenters. The van der Waals surface area contributed by atoms with E-state index in [9.17, 15) is 9.59 Å². The molecule has 6 heteroatoms. The van der Waals surface area contributed by atoms with Crippen LogP contribution < -0.4 is 10.6 Å². The van der Waals surface area contributed by atoms with Crippen LogP contribution in [0.25, 0.3) is 0 Å². The Kier molecular flexibility index (Phi) is 4.55. The van der Waals surface area contributed by atoms with Crippen molar-refractivity contribution in [3.8, 4) is 0 Å². The molecule has 0 spiro atoms. The van der Waals surface area contributed by atoms with Crippen LogP contribution >= 0.6 is 15.9 Å². The van der Waals surface area contributed by atoms with Gasteiger partial charge in [-0.3, -0.25) is 4.79 Å². The molecule has 1 aromatic rings. The van der Waals surface area contributed by atoms with Crippen LogP contribution in [0.2, 0.25) is 0 Å². The predicted molar refractivity (Wildman–Crippen MR) is 75.4 cm³/mol. The highest BCUT2D eigenvalue weighted by atomic mass is 79.9. The number of carboxylic acid groups (broad SMARTS) is 1. The van der Waals surface area contributed by atoms with E-state index in [0.29, 0.717) is 29.2 Å². The van der Waals surface area contributed by atoms with Crippen LogP contribution in [0.15, 0.2) is 22.7 Å². The lowest BCUT2D eigenvalue weighted by Gasteiger charge is -2.08. The number of amides is 1. The molecular weight excluding hydrogens is 312 g/mol. The summed E-state index contributed by atoms with van der Waals surface area (Å²) in [5.41, 5.74) is 0.765. The summed E-state index contributed by atoms with van der Waals surface area (Å²) >= 11 is 3.25. The van der Waals surface area contributed by atoms with E-state index in [4.69, 9.17) is 5.11 Å². The van der Waals surface area contributed by atoms with E-state index in [1.807, 2.05) is 0 Å². The molecule has 0 radical (unpaired) electrons. The number of hydrogen-bond donors (Lipinski definition) is 3. The highest BCUT2D eigenvalue weighted by Gasteiger charge is 2.20. The van der Waals surface area contributed by atoms with Crippen LogP contribution in [0, 0.1) is 0 Å². The fourth-order valence-corrected chi connectivity index (χ4v) is 2.12. The summed E-state index contributed by atoms with van der Waals surface area (Å²) in [4.78, 5) is 22.5. The minimum absolute atomic E-state index is 0.0862. The Morgan fingerprint density at radius 1 is 1.37 bits per heavy atom. The highest BCUT2D eigenvalue weighted by Crippen LogP contribution is 2.24. The average molecular weight is 327 g/mol. The SMILES string of the molecule is O=C(CCNC1CC1)Nc1ccc(C(=O)O)cc1Br. The second-order valence-electron chi connectivity index (χ2n) is 4.53. The number of carbonyl (C=O) groups is 2. The number of hydrogen-bond acceptors (Lipinski definition) is 3. The Morgan fingerprint density at radius 3 is 2.68 bits per heavy atom. The molecule has 1 aliphatic carbocycles. The van der Waals surface area contributed by atoms with E-state index < -0.39 is 5.97 Å². The number of aromatic carboxylic acids is 1. The van der Waals surface area contributed by atoms with Crippen molar-refractivity contribution in [1.29, 1.82) is 0 Å². The first-order valence-corrected chi connectivity index (χ1v) is 6.91. The van der Waals surface area contributed by atoms with Crippen molar-refractivity contribution in [1.82, 2.24) is 5.32 Å². The second-order valence-corrected chi connectivity index (χ2v) is 5.38. The number of nitrogens with one attached hydrogen (secondary N) is 2. The Morgan fingerprint density at radius 2 is 2.11 bits per heavy atom. The monoisotopic (exact) mass is 326 g/mol. The van der Waals surface area contributed by atoms with Gasteiger partial charge < -0.3 is 15.7 Å². The van der Waals surface area contributed by atoms with Crippen LogP contribution in [0.5, 0.6) is 0 Å². The molecule has 0 aliphatic heterocycles. The Bertz CT molecular complexity index is 501. The second kappa shape index (κ2) is 6.16. The van der Waals surface area contributed by atoms with E-state index in [1.165, 1.54) is 25.0 Å². The molecule has 0 bridgehead atoms. The van der Waals surface area contributed by atoms with E-state index in [0.717, 1.165) is 0 Å². The van der Waals surface area contributed by atoms with E-state index in [2.05, 4.69) is 26.6 Å². The molecule has 0 saturated heterocycles. The van der Waals surface area contributed by atoms with Gasteiger partial charge in [-0.15, -0.1) is 0 Å². The van der Waals surface area contributed by atoms with Gasteiger partial charge in [-0.2, -0.15) is 0 Å². The Hall–Kier alpha value is -1.40. The molecule has 1 saturated carbocycles. The van der Waals surface area contributed by atoms with Crippen LogP contribution in [0.1, 0.15) is 29.6 Å². The minimum Gasteiger partial charge on any atom is -0.478 e. The van der Waals surface area contributed by atoms with Crippen LogP contribution in [-0.2, 0) is 4.79 Å². The molecule has 1 fully saturated rings. The molecule has 0 heterocycles. The number of halogens is 1. The lowest BCUT2D eigenvalue weighted by atomic mass is 10.2. The molecule has 2 rings (SSSR count). The van der Waals surface area contributed by atoms with E-state index in [1.54, 1.807) is 6.07 Å². The maximum Gasteiger partial charge on any atom is 0.335 e. The van der Waals surface area contributed by atoms with E-state index >= 15 is 0 Å². The summed E-state index contributed by atoms with van der Waals surface area (Å²) in [6, 6.07) is 5.11. The van der Waals surface area contributed by atoms with Gasteiger partial charge in [0.2, 0.25) is 5.91 Å². The van der Waals surface area contributed by atoms with Crippen molar-refractivity contribution < 1.29 is 14.7 Å². The molecule has 19 heavy (non-hydrogen) atoms. The average Bonchev–Trinajstić information content (AvgIpc) is 3.15. The zero-order valence-corrected chi connectivity index (χ0v) is 11.9. The smallest absolute Gasteiger partial charge is 0.335 e. The number of carbonyl (C=O) groups excluding carboxylic acids is 1. The van der Waals surface area contributed by atoms with Crippen molar-refractivity contribution in [3.63, 3.8) is 0 Å². The maximum atomic E-state index is 11.7. The molecule has 1 aliphatic rings. The highest BCUT2D eigenvalue weighted by molar-refractivity contribution is 9.10. The van der Waals surface area contributed by atoms with E-state index in [-0.39, 0.29) is 11.5 Å². The van der Waals surface area contributed by atoms with Gasteiger partial charge in [-0.25, -0.2) is 4.79 Å². The summed E-state index contributed by atoms with van der Waals surface area (Å²) in [5, 5.41) is 14.9. The Balaban J connectivity index is 1.86. The van der Waals surface area contributed by atoms with Gasteiger partial charge in [0.05, 0.1) is 11.3 Å². The first kappa shape index (κ1) is 14.0. The van der Waals surface area contributed by atoms with Gasteiger partial charge in [0.1, 0.15) is 0 Å². The van der Waals surface area contributed by atoms with Crippen molar-refractivity contribution in [2.75, 3.05) is 11.9 Å². The Labute approximate surface area is 119 Å². The third-order valence-electron chi connectivity index (χ3n) is 2.85. The number of anilines is 1. The predicted octanol–water partition coefficient (Wildman–Crippen LogP) is 2.23. The van der Waals surface area contributed by atoms with Gasteiger partial charge in [0.25, 0.3) is 0 Å². The van der Waals surface area contributed by atoms with Gasteiger partial charge in [-0.1, -0.05) is 0 Å². The first-order chi connectivity index (χ1) is 9.06. The van der Waals surface area contributed by atoms with Crippen LogP contribution in [-0.4, -0.2) is 29.6 Å². The lowest BCUT2D eigenvalue weighted by Crippen LogP contribution is -2.23. The van der Waals surface area contributed by atoms with Crippen molar-refractivity contribution >= 4 is 33.5 Å². The molecule has 102 valence electrons. The van der Waals surface area contributed by atoms with Gasteiger partial charge in [0, 0.05) is 23.5 Å². The first-order valence-electron chi connectivity index (χ1n) is 6.12. The fourth-order valence-electron chi connectivity index (χ4n) is 1.64. The summed E-state index contributed by atoms with van der Waals surface area (Å²) in [7, 11) is 0. The quantitative estimate of drug-likeness (QED) is 0.749. The van der Waals surface area contributed by atoms with Crippen LogP contribution in [0.3, 0.4) is 0 Å². The van der Waals surface area contributed by atoms with Crippen molar-refractivity contribution in [2.45, 2.75) is 25.3 Å². The largest absolute Gasteiger partial charge is 0.478 e. The summed E-state index contributed by atoms with van der Waals surface area (Å²) < 4.78 is 0.566. The fraction of sp³-hybridized carbons (Fsp3) is 0.385. The molecule has 1 amide bonds. The topological polar surface area (TPSA) is 78.4 Å². The van der Waals surface area contributed by atoms with Gasteiger partial charge in [0.15, 0.2) is 0 Å². The summed E-state index contributed by atoms with van der Waals surface area (Å²) in [6.07, 6.45) is 2.80. The van der Waals surface area contributed by atoms with Gasteiger partial charge in [-0.05, 0) is 47.0 Å². The van der Waals surface area contributed by atoms with Crippen LogP contribution in [0.4, 0.5) is 5.69 Å². The normalized spacial score (nSPS) is 14.2. The third-order valence-corrected chi connectivity index (χ3v) is 3.51. The minimum atomic E-state index is -0.993. The molecule has 1 aromatic carbocycles. The summed E-state index contributed by atoms with van der Waals surface area (Å²) in [5.74, 6) is -1.08. The summed E-state index contributed by atoms with van der Waals surface area (Å²) in [6.45, 7) is 0.668. The zero-order valence-electron chi connectivity index (χ0n) is 10.3. The molecular formula is C13H15BrN2O3.